The Kier molecular flexibility index (Phi) is 4.31. The van der Waals surface area contributed by atoms with Crippen LogP contribution in [0.4, 0.5) is 0 Å². The monoisotopic (exact) mass is 265 g/mol. The highest BCUT2D eigenvalue weighted by atomic mass is 16.2. The molecule has 1 N–H and O–H groups in total. The van der Waals surface area contributed by atoms with Crippen LogP contribution in [0.1, 0.15) is 33.6 Å². The van der Waals surface area contributed by atoms with E-state index in [2.05, 4.69) is 42.5 Å². The van der Waals surface area contributed by atoms with Crippen molar-refractivity contribution in [3.05, 3.63) is 12.2 Å². The molecule has 1 amide bonds. The van der Waals surface area contributed by atoms with Crippen LogP contribution in [-0.4, -0.2) is 60.0 Å². The quantitative estimate of drug-likeness (QED) is 0.777. The van der Waals surface area contributed by atoms with E-state index in [0.717, 1.165) is 45.6 Å². The molecular weight excluding hydrogens is 238 g/mol. The zero-order chi connectivity index (χ0) is 14.0. The van der Waals surface area contributed by atoms with Crippen LogP contribution < -0.4 is 5.32 Å². The minimum Gasteiger partial charge on any atom is -0.337 e. The van der Waals surface area contributed by atoms with E-state index in [1.807, 2.05) is 0 Å². The van der Waals surface area contributed by atoms with E-state index in [4.69, 9.17) is 0 Å². The molecule has 0 bridgehead atoms. The third kappa shape index (κ3) is 4.05. The second kappa shape index (κ2) is 5.63. The van der Waals surface area contributed by atoms with Crippen molar-refractivity contribution >= 4 is 5.91 Å². The lowest BCUT2D eigenvalue weighted by molar-refractivity contribution is -0.130. The normalized spacial score (nSPS) is 24.7. The molecule has 2 aliphatic rings. The number of hydrogen-bond acceptors (Lipinski definition) is 3. The molecule has 2 fully saturated rings. The van der Waals surface area contributed by atoms with Crippen LogP contribution in [0.5, 0.6) is 0 Å². The van der Waals surface area contributed by atoms with Crippen molar-refractivity contribution in [3.63, 3.8) is 0 Å². The maximum Gasteiger partial charge on any atom is 0.222 e. The summed E-state index contributed by atoms with van der Waals surface area (Å²) in [6.07, 6.45) is 1.77. The molecule has 2 heterocycles. The first-order valence-electron chi connectivity index (χ1n) is 7.29. The molecular formula is C15H27N3O. The average molecular weight is 265 g/mol. The fourth-order valence-corrected chi connectivity index (χ4v) is 2.83. The molecule has 0 aromatic rings. The number of amides is 1. The summed E-state index contributed by atoms with van der Waals surface area (Å²) in [4.78, 5) is 16.1. The number of piperazine rings is 1. The zero-order valence-corrected chi connectivity index (χ0v) is 12.5. The van der Waals surface area contributed by atoms with E-state index in [1.165, 1.54) is 5.57 Å². The number of rotatable bonds is 4. The SMILES string of the molecule is C=C(CNC(C)(C)C)CN1CCN2C(=O)CCC2C1. The highest BCUT2D eigenvalue weighted by molar-refractivity contribution is 5.78. The average Bonchev–Trinajstić information content (AvgIpc) is 2.67. The van der Waals surface area contributed by atoms with Gasteiger partial charge in [0.05, 0.1) is 0 Å². The third-order valence-electron chi connectivity index (χ3n) is 3.89. The van der Waals surface area contributed by atoms with Gasteiger partial charge in [-0.05, 0) is 32.8 Å². The van der Waals surface area contributed by atoms with Crippen molar-refractivity contribution in [3.8, 4) is 0 Å². The van der Waals surface area contributed by atoms with Gasteiger partial charge in [-0.3, -0.25) is 9.69 Å². The lowest BCUT2D eigenvalue weighted by atomic mass is 10.1. The van der Waals surface area contributed by atoms with Crippen LogP contribution in [0.25, 0.3) is 0 Å². The van der Waals surface area contributed by atoms with Gasteiger partial charge < -0.3 is 10.2 Å². The predicted octanol–water partition coefficient (Wildman–Crippen LogP) is 1.24. The lowest BCUT2D eigenvalue weighted by Crippen LogP contribution is -2.52. The first-order chi connectivity index (χ1) is 8.85. The Morgan fingerprint density at radius 2 is 2.16 bits per heavy atom. The summed E-state index contributed by atoms with van der Waals surface area (Å²) >= 11 is 0. The Hall–Kier alpha value is -0.870. The van der Waals surface area contributed by atoms with Crippen molar-refractivity contribution in [2.45, 2.75) is 45.2 Å². The summed E-state index contributed by atoms with van der Waals surface area (Å²) in [5.74, 6) is 0.345. The molecule has 2 saturated heterocycles. The summed E-state index contributed by atoms with van der Waals surface area (Å²) < 4.78 is 0. The van der Waals surface area contributed by atoms with E-state index in [0.29, 0.717) is 11.9 Å². The number of carbonyl (C=O) groups is 1. The topological polar surface area (TPSA) is 35.6 Å². The van der Waals surface area contributed by atoms with Gasteiger partial charge in [0.25, 0.3) is 0 Å². The molecule has 4 nitrogen and oxygen atoms in total. The van der Waals surface area contributed by atoms with Gasteiger partial charge in [0.15, 0.2) is 0 Å². The largest absolute Gasteiger partial charge is 0.337 e. The number of hydrogen-bond donors (Lipinski definition) is 1. The lowest BCUT2D eigenvalue weighted by Gasteiger charge is -2.38. The Morgan fingerprint density at radius 1 is 1.42 bits per heavy atom. The molecule has 2 rings (SSSR count). The first-order valence-corrected chi connectivity index (χ1v) is 7.29. The Balaban J connectivity index is 1.75. The van der Waals surface area contributed by atoms with Gasteiger partial charge in [-0.15, -0.1) is 0 Å². The minimum absolute atomic E-state index is 0.138. The minimum atomic E-state index is 0.138. The van der Waals surface area contributed by atoms with Gasteiger partial charge in [-0.1, -0.05) is 6.58 Å². The number of nitrogens with one attached hydrogen (secondary N) is 1. The van der Waals surface area contributed by atoms with E-state index in [9.17, 15) is 4.79 Å². The highest BCUT2D eigenvalue weighted by Crippen LogP contribution is 2.23. The van der Waals surface area contributed by atoms with Gasteiger partial charge in [0, 0.05) is 50.7 Å². The van der Waals surface area contributed by atoms with Crippen LogP contribution in [-0.2, 0) is 4.79 Å². The molecule has 1 atom stereocenters. The number of carbonyl (C=O) groups excluding carboxylic acids is 1. The van der Waals surface area contributed by atoms with Gasteiger partial charge in [-0.25, -0.2) is 0 Å². The Labute approximate surface area is 116 Å². The summed E-state index contributed by atoms with van der Waals surface area (Å²) in [5, 5.41) is 3.47. The molecule has 0 aliphatic carbocycles. The van der Waals surface area contributed by atoms with E-state index in [1.54, 1.807) is 0 Å². The molecule has 0 aromatic heterocycles. The van der Waals surface area contributed by atoms with Gasteiger partial charge in [0.2, 0.25) is 5.91 Å². The number of fused-ring (bicyclic) bond motifs is 1. The first kappa shape index (κ1) is 14.5. The molecule has 0 saturated carbocycles. The van der Waals surface area contributed by atoms with Gasteiger partial charge >= 0.3 is 0 Å². The maximum absolute atomic E-state index is 11.6. The third-order valence-corrected chi connectivity index (χ3v) is 3.89. The van der Waals surface area contributed by atoms with Crippen LogP contribution >= 0.6 is 0 Å². The molecule has 0 aromatic carbocycles. The molecule has 0 radical (unpaired) electrons. The summed E-state index contributed by atoms with van der Waals surface area (Å²) in [7, 11) is 0. The molecule has 4 heteroatoms. The Bertz CT molecular complexity index is 359. The maximum atomic E-state index is 11.6. The summed E-state index contributed by atoms with van der Waals surface area (Å²) in [6, 6.07) is 0.449. The molecule has 2 aliphatic heterocycles. The summed E-state index contributed by atoms with van der Waals surface area (Å²) in [5.41, 5.74) is 1.37. The fourth-order valence-electron chi connectivity index (χ4n) is 2.83. The van der Waals surface area contributed by atoms with Crippen molar-refractivity contribution < 1.29 is 4.79 Å². The summed E-state index contributed by atoms with van der Waals surface area (Å²) in [6.45, 7) is 15.4. The van der Waals surface area contributed by atoms with Gasteiger partial charge in [-0.2, -0.15) is 0 Å². The molecule has 19 heavy (non-hydrogen) atoms. The smallest absolute Gasteiger partial charge is 0.222 e. The van der Waals surface area contributed by atoms with Crippen molar-refractivity contribution in [1.29, 1.82) is 0 Å². The second-order valence-corrected chi connectivity index (χ2v) is 6.87. The predicted molar refractivity (Wildman–Crippen MR) is 78.1 cm³/mol. The number of nitrogens with zero attached hydrogens (tertiary/aromatic N) is 2. The highest BCUT2D eigenvalue weighted by Gasteiger charge is 2.35. The van der Waals surface area contributed by atoms with Crippen LogP contribution in [0.3, 0.4) is 0 Å². The second-order valence-electron chi connectivity index (χ2n) is 6.87. The van der Waals surface area contributed by atoms with Crippen LogP contribution in [0.15, 0.2) is 12.2 Å². The van der Waals surface area contributed by atoms with E-state index >= 15 is 0 Å². The van der Waals surface area contributed by atoms with Crippen molar-refractivity contribution in [2.75, 3.05) is 32.7 Å². The standard InChI is InChI=1S/C15H27N3O/c1-12(9-16-15(2,3)4)10-17-7-8-18-13(11-17)5-6-14(18)19/h13,16H,1,5-11H2,2-4H3. The Morgan fingerprint density at radius 3 is 2.84 bits per heavy atom. The van der Waals surface area contributed by atoms with Gasteiger partial charge in [0.1, 0.15) is 0 Å². The van der Waals surface area contributed by atoms with Crippen molar-refractivity contribution in [1.82, 2.24) is 15.1 Å². The van der Waals surface area contributed by atoms with Crippen molar-refractivity contribution in [2.24, 2.45) is 0 Å². The van der Waals surface area contributed by atoms with E-state index in [-0.39, 0.29) is 5.54 Å². The molecule has 0 spiro atoms. The van der Waals surface area contributed by atoms with Crippen LogP contribution in [0, 0.1) is 0 Å². The molecule has 108 valence electrons. The fraction of sp³-hybridized carbons (Fsp3) is 0.800. The van der Waals surface area contributed by atoms with Crippen LogP contribution in [0.2, 0.25) is 0 Å². The van der Waals surface area contributed by atoms with E-state index < -0.39 is 0 Å². The zero-order valence-electron chi connectivity index (χ0n) is 12.5. The molecule has 1 unspecified atom stereocenters.